The highest BCUT2D eigenvalue weighted by Crippen LogP contribution is 2.22. The Morgan fingerprint density at radius 2 is 1.55 bits per heavy atom. The Morgan fingerprint density at radius 1 is 0.955 bits per heavy atom. The molecule has 22 heavy (non-hydrogen) atoms. The van der Waals surface area contributed by atoms with Crippen molar-refractivity contribution in [2.75, 3.05) is 5.32 Å². The normalized spacial score (nSPS) is 11.6. The van der Waals surface area contributed by atoms with Crippen molar-refractivity contribution in [2.45, 2.75) is 13.0 Å². The van der Waals surface area contributed by atoms with Gasteiger partial charge in [-0.1, -0.05) is 53.5 Å². The second kappa shape index (κ2) is 7.29. The van der Waals surface area contributed by atoms with Crippen molar-refractivity contribution in [1.82, 2.24) is 5.32 Å². The zero-order chi connectivity index (χ0) is 16.1. The number of carbonyl (C=O) groups is 2. The lowest BCUT2D eigenvalue weighted by Crippen LogP contribution is -2.36. The molecule has 4 nitrogen and oxygen atoms in total. The lowest BCUT2D eigenvalue weighted by Gasteiger charge is -2.14. The summed E-state index contributed by atoms with van der Waals surface area (Å²) in [5, 5.41) is 5.84. The summed E-state index contributed by atoms with van der Waals surface area (Å²) in [6.45, 7) is 1.80. The Morgan fingerprint density at radius 3 is 2.14 bits per heavy atom. The first kappa shape index (κ1) is 16.3. The smallest absolute Gasteiger partial charge is 0.313 e. The molecule has 2 amide bonds. The van der Waals surface area contributed by atoms with Crippen LogP contribution in [-0.2, 0) is 9.59 Å². The number of hydrogen-bond acceptors (Lipinski definition) is 2. The number of nitrogens with one attached hydrogen (secondary N) is 2. The molecule has 2 aromatic carbocycles. The highest BCUT2D eigenvalue weighted by atomic mass is 35.5. The molecule has 2 aromatic rings. The van der Waals surface area contributed by atoms with Crippen LogP contribution >= 0.6 is 23.2 Å². The molecule has 0 aliphatic carbocycles. The Balaban J connectivity index is 1.99. The number of amides is 2. The maximum atomic E-state index is 11.9. The lowest BCUT2D eigenvalue weighted by atomic mass is 10.1. The minimum atomic E-state index is -0.777. The van der Waals surface area contributed by atoms with Crippen LogP contribution in [0.5, 0.6) is 0 Å². The summed E-state index contributed by atoms with van der Waals surface area (Å²) in [5.74, 6) is -1.51. The van der Waals surface area contributed by atoms with E-state index in [-0.39, 0.29) is 6.04 Å². The van der Waals surface area contributed by atoms with Crippen LogP contribution in [0.25, 0.3) is 0 Å². The van der Waals surface area contributed by atoms with Gasteiger partial charge in [-0.05, 0) is 30.7 Å². The zero-order valence-corrected chi connectivity index (χ0v) is 13.3. The van der Waals surface area contributed by atoms with Crippen molar-refractivity contribution in [3.05, 3.63) is 64.1 Å². The standard InChI is InChI=1S/C16H14Cl2N2O2/c1-10(11-5-3-2-4-6-11)19-15(21)16(22)20-14-8-12(17)7-13(18)9-14/h2-10H,1H3,(H,19,21)(H,20,22). The molecule has 0 spiro atoms. The second-order valence-corrected chi connectivity index (χ2v) is 5.59. The summed E-state index contributed by atoms with van der Waals surface area (Å²) < 4.78 is 0. The van der Waals surface area contributed by atoms with Gasteiger partial charge in [0.15, 0.2) is 0 Å². The molecule has 0 aliphatic rings. The molecular weight excluding hydrogens is 323 g/mol. The van der Waals surface area contributed by atoms with Crippen LogP contribution < -0.4 is 10.6 Å². The van der Waals surface area contributed by atoms with Gasteiger partial charge >= 0.3 is 11.8 Å². The summed E-state index contributed by atoms with van der Waals surface area (Å²) in [6, 6.07) is 13.7. The van der Waals surface area contributed by atoms with Gasteiger partial charge in [0, 0.05) is 15.7 Å². The molecule has 0 bridgehead atoms. The summed E-state index contributed by atoms with van der Waals surface area (Å²) in [7, 11) is 0. The fraction of sp³-hybridized carbons (Fsp3) is 0.125. The number of halogens is 2. The quantitative estimate of drug-likeness (QED) is 0.837. The number of hydrogen-bond donors (Lipinski definition) is 2. The van der Waals surface area contributed by atoms with Crippen LogP contribution in [0, 0.1) is 0 Å². The summed E-state index contributed by atoms with van der Waals surface area (Å²) in [6.07, 6.45) is 0. The first-order chi connectivity index (χ1) is 10.5. The third-order valence-corrected chi connectivity index (χ3v) is 3.41. The van der Waals surface area contributed by atoms with Gasteiger partial charge in [-0.3, -0.25) is 9.59 Å². The van der Waals surface area contributed by atoms with E-state index in [1.165, 1.54) is 18.2 Å². The largest absolute Gasteiger partial charge is 0.341 e. The van der Waals surface area contributed by atoms with Crippen LogP contribution in [0.4, 0.5) is 5.69 Å². The first-order valence-corrected chi connectivity index (χ1v) is 7.34. The topological polar surface area (TPSA) is 58.2 Å². The van der Waals surface area contributed by atoms with Crippen molar-refractivity contribution < 1.29 is 9.59 Å². The van der Waals surface area contributed by atoms with Gasteiger partial charge in [0.2, 0.25) is 0 Å². The molecule has 0 radical (unpaired) electrons. The van der Waals surface area contributed by atoms with Crippen LogP contribution in [0.1, 0.15) is 18.5 Å². The van der Waals surface area contributed by atoms with E-state index in [4.69, 9.17) is 23.2 Å². The second-order valence-electron chi connectivity index (χ2n) is 4.72. The average Bonchev–Trinajstić information content (AvgIpc) is 2.46. The maximum Gasteiger partial charge on any atom is 0.313 e. The minimum absolute atomic E-state index is 0.276. The van der Waals surface area contributed by atoms with Gasteiger partial charge in [-0.2, -0.15) is 0 Å². The average molecular weight is 337 g/mol. The Bertz CT molecular complexity index is 670. The number of carbonyl (C=O) groups excluding carboxylic acids is 2. The number of benzene rings is 2. The molecule has 0 heterocycles. The van der Waals surface area contributed by atoms with Crippen LogP contribution in [0.15, 0.2) is 48.5 Å². The van der Waals surface area contributed by atoms with Crippen molar-refractivity contribution in [3.8, 4) is 0 Å². The Hall–Kier alpha value is -2.04. The van der Waals surface area contributed by atoms with E-state index >= 15 is 0 Å². The Kier molecular flexibility index (Phi) is 5.41. The van der Waals surface area contributed by atoms with Crippen molar-refractivity contribution in [1.29, 1.82) is 0 Å². The third-order valence-electron chi connectivity index (χ3n) is 2.97. The molecule has 1 unspecified atom stereocenters. The molecule has 0 fully saturated rings. The van der Waals surface area contributed by atoms with E-state index < -0.39 is 11.8 Å². The zero-order valence-electron chi connectivity index (χ0n) is 11.8. The summed E-state index contributed by atoms with van der Waals surface area (Å²) in [5.41, 5.74) is 1.28. The minimum Gasteiger partial charge on any atom is -0.341 e. The third kappa shape index (κ3) is 4.48. The van der Waals surface area contributed by atoms with E-state index in [2.05, 4.69) is 10.6 Å². The molecule has 1 atom stereocenters. The van der Waals surface area contributed by atoms with Crippen molar-refractivity contribution in [3.63, 3.8) is 0 Å². The molecule has 0 saturated heterocycles. The van der Waals surface area contributed by atoms with E-state index in [1.807, 2.05) is 30.3 Å². The van der Waals surface area contributed by atoms with Crippen LogP contribution in [0.3, 0.4) is 0 Å². The van der Waals surface area contributed by atoms with E-state index in [9.17, 15) is 9.59 Å². The lowest BCUT2D eigenvalue weighted by molar-refractivity contribution is -0.136. The van der Waals surface area contributed by atoms with Gasteiger partial charge in [0.1, 0.15) is 0 Å². The van der Waals surface area contributed by atoms with Gasteiger partial charge in [-0.15, -0.1) is 0 Å². The van der Waals surface area contributed by atoms with Gasteiger partial charge in [-0.25, -0.2) is 0 Å². The molecule has 6 heteroatoms. The summed E-state index contributed by atoms with van der Waals surface area (Å²) in [4.78, 5) is 23.8. The SMILES string of the molecule is CC(NC(=O)C(=O)Nc1cc(Cl)cc(Cl)c1)c1ccccc1. The fourth-order valence-corrected chi connectivity index (χ4v) is 2.43. The predicted molar refractivity (Wildman–Crippen MR) is 88.1 cm³/mol. The molecular formula is C16H14Cl2N2O2. The van der Waals surface area contributed by atoms with Crippen molar-refractivity contribution >= 4 is 40.7 Å². The van der Waals surface area contributed by atoms with Crippen molar-refractivity contribution in [2.24, 2.45) is 0 Å². The fourth-order valence-electron chi connectivity index (χ4n) is 1.90. The van der Waals surface area contributed by atoms with Crippen LogP contribution in [0.2, 0.25) is 10.0 Å². The molecule has 0 aromatic heterocycles. The monoisotopic (exact) mass is 336 g/mol. The Labute approximate surface area is 138 Å². The molecule has 0 saturated carbocycles. The van der Waals surface area contributed by atoms with Gasteiger partial charge in [0.25, 0.3) is 0 Å². The molecule has 0 aliphatic heterocycles. The molecule has 2 N–H and O–H groups in total. The summed E-state index contributed by atoms with van der Waals surface area (Å²) >= 11 is 11.7. The predicted octanol–water partition coefficient (Wildman–Crippen LogP) is 3.81. The van der Waals surface area contributed by atoms with Crippen LogP contribution in [-0.4, -0.2) is 11.8 Å². The first-order valence-electron chi connectivity index (χ1n) is 6.58. The number of anilines is 1. The van der Waals surface area contributed by atoms with Gasteiger partial charge in [0.05, 0.1) is 6.04 Å². The van der Waals surface area contributed by atoms with E-state index in [0.29, 0.717) is 15.7 Å². The number of rotatable bonds is 3. The molecule has 2 rings (SSSR count). The van der Waals surface area contributed by atoms with E-state index in [1.54, 1.807) is 6.92 Å². The van der Waals surface area contributed by atoms with E-state index in [0.717, 1.165) is 5.56 Å². The maximum absolute atomic E-state index is 11.9. The molecule has 114 valence electrons. The highest BCUT2D eigenvalue weighted by molar-refractivity contribution is 6.40. The highest BCUT2D eigenvalue weighted by Gasteiger charge is 2.17. The van der Waals surface area contributed by atoms with Gasteiger partial charge < -0.3 is 10.6 Å².